The Hall–Kier alpha value is -2.27. The van der Waals surface area contributed by atoms with E-state index in [-0.39, 0.29) is 11.8 Å². The molecule has 1 heterocycles. The first-order valence-electron chi connectivity index (χ1n) is 7.66. The number of likely N-dealkylation sites (N-methyl/N-ethyl adjacent to an activating group) is 1. The normalized spacial score (nSPS) is 20.0. The van der Waals surface area contributed by atoms with E-state index in [0.29, 0.717) is 11.3 Å². The smallest absolute Gasteiger partial charge is 0.260 e. The maximum absolute atomic E-state index is 12.8. The second kappa shape index (κ2) is 6.32. The highest BCUT2D eigenvalue weighted by Gasteiger charge is 2.45. The molecule has 1 unspecified atom stereocenters. The molecule has 2 aromatic carbocycles. The van der Waals surface area contributed by atoms with Gasteiger partial charge in [0, 0.05) is 23.3 Å². The van der Waals surface area contributed by atoms with Crippen molar-refractivity contribution in [2.24, 2.45) is 0 Å². The quantitative estimate of drug-likeness (QED) is 0.632. The van der Waals surface area contributed by atoms with E-state index in [1.54, 1.807) is 32.0 Å². The largest absolute Gasteiger partial charge is 0.497 e. The van der Waals surface area contributed by atoms with Gasteiger partial charge >= 0.3 is 0 Å². The van der Waals surface area contributed by atoms with Crippen molar-refractivity contribution in [3.05, 3.63) is 59.7 Å². The summed E-state index contributed by atoms with van der Waals surface area (Å²) in [6, 6.07) is 15.1. The van der Waals surface area contributed by atoms with Gasteiger partial charge in [0.1, 0.15) is 5.75 Å². The molecule has 3 rings (SSSR count). The summed E-state index contributed by atoms with van der Waals surface area (Å²) < 4.78 is 5.17. The predicted molar refractivity (Wildman–Crippen MR) is 94.6 cm³/mol. The van der Waals surface area contributed by atoms with Gasteiger partial charge in [0.05, 0.1) is 12.5 Å². The van der Waals surface area contributed by atoms with E-state index in [1.807, 2.05) is 49.4 Å². The van der Waals surface area contributed by atoms with Crippen molar-refractivity contribution >= 4 is 23.6 Å². The van der Waals surface area contributed by atoms with E-state index < -0.39 is 5.41 Å². The van der Waals surface area contributed by atoms with Gasteiger partial charge in [-0.15, -0.1) is 11.8 Å². The fraction of sp³-hybridized carbons (Fsp3) is 0.263. The molecule has 4 nitrogen and oxygen atoms in total. The molecule has 0 aliphatic carbocycles. The number of amides is 2. The summed E-state index contributed by atoms with van der Waals surface area (Å²) in [6.45, 7) is 1.91. The van der Waals surface area contributed by atoms with Crippen LogP contribution in [0.1, 0.15) is 22.8 Å². The number of fused-ring (bicyclic) bond motifs is 1. The Balaban J connectivity index is 1.91. The number of nitrogens with zero attached hydrogens (tertiary/aromatic N) is 1. The average Bonchev–Trinajstić information content (AvgIpc) is 2.63. The summed E-state index contributed by atoms with van der Waals surface area (Å²) >= 11 is 1.60. The van der Waals surface area contributed by atoms with E-state index in [9.17, 15) is 9.59 Å². The summed E-state index contributed by atoms with van der Waals surface area (Å²) in [5, 5.41) is 0. The van der Waals surface area contributed by atoms with Gasteiger partial charge in [-0.25, -0.2) is 0 Å². The van der Waals surface area contributed by atoms with Gasteiger partial charge in [-0.05, 0) is 42.8 Å². The number of imide groups is 1. The number of hydrogen-bond acceptors (Lipinski definition) is 4. The lowest BCUT2D eigenvalue weighted by Crippen LogP contribution is -2.52. The highest BCUT2D eigenvalue weighted by Crippen LogP contribution is 2.38. The molecule has 2 aromatic rings. The van der Waals surface area contributed by atoms with Crippen molar-refractivity contribution < 1.29 is 14.3 Å². The van der Waals surface area contributed by atoms with Crippen molar-refractivity contribution in [2.75, 3.05) is 19.9 Å². The van der Waals surface area contributed by atoms with Gasteiger partial charge in [0.25, 0.3) is 5.91 Å². The van der Waals surface area contributed by atoms with Crippen LogP contribution >= 0.6 is 11.8 Å². The first-order chi connectivity index (χ1) is 11.5. The third-order valence-corrected chi connectivity index (χ3v) is 5.75. The van der Waals surface area contributed by atoms with Crippen LogP contribution in [0.4, 0.5) is 0 Å². The van der Waals surface area contributed by atoms with E-state index in [1.165, 1.54) is 4.90 Å². The SMILES string of the molecule is COc1ccc(SCC2(C)C(=O)N(C)C(=O)c3ccccc32)cc1. The summed E-state index contributed by atoms with van der Waals surface area (Å²) in [5.74, 6) is 0.969. The topological polar surface area (TPSA) is 46.6 Å². The molecule has 24 heavy (non-hydrogen) atoms. The molecule has 0 N–H and O–H groups in total. The lowest BCUT2D eigenvalue weighted by Gasteiger charge is -2.38. The highest BCUT2D eigenvalue weighted by molar-refractivity contribution is 7.99. The fourth-order valence-electron chi connectivity index (χ4n) is 2.95. The summed E-state index contributed by atoms with van der Waals surface area (Å²) in [5.41, 5.74) is 0.681. The van der Waals surface area contributed by atoms with E-state index >= 15 is 0 Å². The van der Waals surface area contributed by atoms with Crippen molar-refractivity contribution in [1.82, 2.24) is 4.90 Å². The number of carbonyl (C=O) groups excluding carboxylic acids is 2. The molecule has 1 atom stereocenters. The molecular formula is C19H19NO3S. The third kappa shape index (κ3) is 2.69. The molecule has 0 aromatic heterocycles. The number of thioether (sulfide) groups is 1. The second-order valence-corrected chi connectivity index (χ2v) is 7.06. The lowest BCUT2D eigenvalue weighted by atomic mass is 9.77. The zero-order chi connectivity index (χ0) is 17.3. The Labute approximate surface area is 145 Å². The molecule has 2 amide bonds. The van der Waals surface area contributed by atoms with E-state index in [2.05, 4.69) is 0 Å². The van der Waals surface area contributed by atoms with Crippen molar-refractivity contribution in [3.63, 3.8) is 0 Å². The maximum atomic E-state index is 12.8. The van der Waals surface area contributed by atoms with Gasteiger partial charge < -0.3 is 4.74 Å². The zero-order valence-corrected chi connectivity index (χ0v) is 14.7. The summed E-state index contributed by atoms with van der Waals surface area (Å²) in [6.07, 6.45) is 0. The van der Waals surface area contributed by atoms with E-state index in [0.717, 1.165) is 16.2 Å². The average molecular weight is 341 g/mol. The maximum Gasteiger partial charge on any atom is 0.260 e. The Morgan fingerprint density at radius 2 is 1.75 bits per heavy atom. The summed E-state index contributed by atoms with van der Waals surface area (Å²) in [7, 11) is 3.19. The molecule has 0 saturated heterocycles. The third-order valence-electron chi connectivity index (χ3n) is 4.42. The summed E-state index contributed by atoms with van der Waals surface area (Å²) in [4.78, 5) is 27.4. The molecule has 0 spiro atoms. The minimum absolute atomic E-state index is 0.160. The molecule has 0 radical (unpaired) electrons. The Morgan fingerprint density at radius 3 is 2.42 bits per heavy atom. The van der Waals surface area contributed by atoms with Crippen molar-refractivity contribution in [2.45, 2.75) is 17.2 Å². The van der Waals surface area contributed by atoms with Crippen LogP contribution in [0, 0.1) is 0 Å². The number of ether oxygens (including phenoxy) is 1. The lowest BCUT2D eigenvalue weighted by molar-refractivity contribution is -0.132. The molecule has 5 heteroatoms. The van der Waals surface area contributed by atoms with Gasteiger partial charge in [-0.1, -0.05) is 18.2 Å². The zero-order valence-electron chi connectivity index (χ0n) is 13.9. The number of carbonyl (C=O) groups is 2. The molecule has 0 bridgehead atoms. The predicted octanol–water partition coefficient (Wildman–Crippen LogP) is 3.36. The Morgan fingerprint density at radius 1 is 1.08 bits per heavy atom. The fourth-order valence-corrected chi connectivity index (χ4v) is 4.01. The molecule has 0 fully saturated rings. The van der Waals surface area contributed by atoms with Crippen LogP contribution in [0.25, 0.3) is 0 Å². The van der Waals surface area contributed by atoms with Crippen LogP contribution in [-0.2, 0) is 10.2 Å². The molecule has 1 aliphatic rings. The Bertz CT molecular complexity index is 787. The van der Waals surface area contributed by atoms with Crippen LogP contribution in [0.5, 0.6) is 5.75 Å². The number of rotatable bonds is 4. The van der Waals surface area contributed by atoms with E-state index in [4.69, 9.17) is 4.74 Å². The number of hydrogen-bond donors (Lipinski definition) is 0. The molecule has 1 aliphatic heterocycles. The molecule has 124 valence electrons. The molecule has 0 saturated carbocycles. The minimum atomic E-state index is -0.732. The minimum Gasteiger partial charge on any atom is -0.497 e. The monoisotopic (exact) mass is 341 g/mol. The van der Waals surface area contributed by atoms with Gasteiger partial charge in [-0.3, -0.25) is 14.5 Å². The number of methoxy groups -OCH3 is 1. The van der Waals surface area contributed by atoms with Gasteiger partial charge in [0.2, 0.25) is 5.91 Å². The second-order valence-electron chi connectivity index (χ2n) is 6.01. The van der Waals surface area contributed by atoms with Crippen molar-refractivity contribution in [3.8, 4) is 5.75 Å². The van der Waals surface area contributed by atoms with Crippen LogP contribution in [0.15, 0.2) is 53.4 Å². The first kappa shape index (κ1) is 16.6. The van der Waals surface area contributed by atoms with Gasteiger partial charge in [0.15, 0.2) is 0 Å². The van der Waals surface area contributed by atoms with Crippen LogP contribution < -0.4 is 4.74 Å². The molecular weight excluding hydrogens is 322 g/mol. The number of benzene rings is 2. The van der Waals surface area contributed by atoms with Crippen LogP contribution in [-0.4, -0.2) is 36.6 Å². The Kier molecular flexibility index (Phi) is 4.37. The van der Waals surface area contributed by atoms with Crippen molar-refractivity contribution in [1.29, 1.82) is 0 Å². The van der Waals surface area contributed by atoms with Gasteiger partial charge in [-0.2, -0.15) is 0 Å². The highest BCUT2D eigenvalue weighted by atomic mass is 32.2. The standard InChI is InChI=1S/C19H19NO3S/c1-19(12-24-14-10-8-13(23-3)9-11-14)16-7-5-4-6-15(16)17(21)20(2)18(19)22/h4-11H,12H2,1-3H3. The first-order valence-corrected chi connectivity index (χ1v) is 8.65. The van der Waals surface area contributed by atoms with Crippen LogP contribution in [0.2, 0.25) is 0 Å². The van der Waals surface area contributed by atoms with Crippen LogP contribution in [0.3, 0.4) is 0 Å².